The van der Waals surface area contributed by atoms with Gasteiger partial charge in [0.05, 0.1) is 5.56 Å². The Morgan fingerprint density at radius 2 is 1.58 bits per heavy atom. The molecule has 1 saturated carbocycles. The lowest BCUT2D eigenvalue weighted by Gasteiger charge is -2.30. The standard InChI is InChI=1S/C25H28F4O2/c1-2-3-4-5-6-15-7-9-16(10-8-15)18-11-12-19(25(30)31)23(28)22(18)17-13-20(26)24(29)21(27)14-17/h11-16H,2-10H2,1H3,(H,30,31)/t15-,16-. The Morgan fingerprint density at radius 3 is 2.16 bits per heavy atom. The summed E-state index contributed by atoms with van der Waals surface area (Å²) in [5.74, 6) is -6.45. The monoisotopic (exact) mass is 436 g/mol. The average Bonchev–Trinajstić information content (AvgIpc) is 2.74. The van der Waals surface area contributed by atoms with Crippen LogP contribution < -0.4 is 0 Å². The smallest absolute Gasteiger partial charge is 0.338 e. The minimum Gasteiger partial charge on any atom is -0.478 e. The molecule has 3 rings (SSSR count). The number of rotatable bonds is 8. The van der Waals surface area contributed by atoms with Crippen molar-refractivity contribution < 1.29 is 27.5 Å². The first-order chi connectivity index (χ1) is 14.8. The molecule has 0 aliphatic heterocycles. The molecule has 0 heterocycles. The molecule has 31 heavy (non-hydrogen) atoms. The molecule has 2 aromatic rings. The van der Waals surface area contributed by atoms with Crippen LogP contribution in [0.4, 0.5) is 17.6 Å². The minimum absolute atomic E-state index is 0.0459. The predicted molar refractivity (Wildman–Crippen MR) is 112 cm³/mol. The van der Waals surface area contributed by atoms with Crippen LogP contribution in [0.3, 0.4) is 0 Å². The lowest BCUT2D eigenvalue weighted by atomic mass is 9.75. The molecule has 0 spiro atoms. The van der Waals surface area contributed by atoms with Crippen LogP contribution in [-0.2, 0) is 0 Å². The van der Waals surface area contributed by atoms with Gasteiger partial charge < -0.3 is 5.11 Å². The summed E-state index contributed by atoms with van der Waals surface area (Å²) in [5.41, 5.74) is -0.386. The van der Waals surface area contributed by atoms with Crippen molar-refractivity contribution in [2.45, 2.75) is 70.6 Å². The van der Waals surface area contributed by atoms with Crippen LogP contribution in [-0.4, -0.2) is 11.1 Å². The highest BCUT2D eigenvalue weighted by Crippen LogP contribution is 2.43. The number of carboxylic acids is 1. The van der Waals surface area contributed by atoms with E-state index in [1.807, 2.05) is 0 Å². The van der Waals surface area contributed by atoms with Gasteiger partial charge in [-0.25, -0.2) is 22.4 Å². The Hall–Kier alpha value is -2.37. The number of hydrogen-bond acceptors (Lipinski definition) is 1. The first-order valence-corrected chi connectivity index (χ1v) is 11.0. The van der Waals surface area contributed by atoms with Crippen LogP contribution in [0.1, 0.15) is 86.6 Å². The number of aromatic carboxylic acids is 1. The van der Waals surface area contributed by atoms with Gasteiger partial charge in [-0.15, -0.1) is 0 Å². The maximum Gasteiger partial charge on any atom is 0.338 e. The van der Waals surface area contributed by atoms with Gasteiger partial charge in [0.2, 0.25) is 0 Å². The second-order valence-corrected chi connectivity index (χ2v) is 8.52. The van der Waals surface area contributed by atoms with Gasteiger partial charge in [-0.3, -0.25) is 0 Å². The van der Waals surface area contributed by atoms with Crippen molar-refractivity contribution in [2.75, 3.05) is 0 Å². The molecular weight excluding hydrogens is 408 g/mol. The average molecular weight is 436 g/mol. The highest BCUT2D eigenvalue weighted by atomic mass is 19.2. The number of unbranched alkanes of at least 4 members (excludes halogenated alkanes) is 3. The van der Waals surface area contributed by atoms with Gasteiger partial charge >= 0.3 is 5.97 Å². The zero-order valence-corrected chi connectivity index (χ0v) is 17.7. The molecule has 1 aliphatic rings. The molecule has 6 heteroatoms. The van der Waals surface area contributed by atoms with Crippen molar-refractivity contribution >= 4 is 5.97 Å². The van der Waals surface area contributed by atoms with E-state index in [-0.39, 0.29) is 17.0 Å². The molecule has 0 bridgehead atoms. The normalized spacial score (nSPS) is 18.9. The molecule has 2 nitrogen and oxygen atoms in total. The van der Waals surface area contributed by atoms with Crippen LogP contribution in [0.15, 0.2) is 24.3 Å². The van der Waals surface area contributed by atoms with Crippen molar-refractivity contribution in [1.29, 1.82) is 0 Å². The van der Waals surface area contributed by atoms with Gasteiger partial charge in [0, 0.05) is 5.56 Å². The Balaban J connectivity index is 1.90. The third kappa shape index (κ3) is 5.28. The van der Waals surface area contributed by atoms with Crippen molar-refractivity contribution in [3.05, 3.63) is 58.7 Å². The summed E-state index contributed by atoms with van der Waals surface area (Å²) in [5, 5.41) is 9.30. The fourth-order valence-corrected chi connectivity index (χ4v) is 4.71. The van der Waals surface area contributed by atoms with Gasteiger partial charge in [-0.1, -0.05) is 45.1 Å². The van der Waals surface area contributed by atoms with Crippen LogP contribution in [0, 0.1) is 29.2 Å². The van der Waals surface area contributed by atoms with Crippen molar-refractivity contribution in [1.82, 2.24) is 0 Å². The second-order valence-electron chi connectivity index (χ2n) is 8.52. The maximum atomic E-state index is 15.2. The van der Waals surface area contributed by atoms with E-state index in [1.165, 1.54) is 44.2 Å². The highest BCUT2D eigenvalue weighted by molar-refractivity contribution is 5.90. The zero-order valence-electron chi connectivity index (χ0n) is 17.7. The molecule has 2 aromatic carbocycles. The molecular formula is C25H28F4O2. The van der Waals surface area contributed by atoms with Crippen LogP contribution in [0.25, 0.3) is 11.1 Å². The fraction of sp³-hybridized carbons (Fsp3) is 0.480. The largest absolute Gasteiger partial charge is 0.478 e. The third-order valence-electron chi connectivity index (χ3n) is 6.43. The molecule has 1 fully saturated rings. The summed E-state index contributed by atoms with van der Waals surface area (Å²) in [6, 6.07) is 4.19. The highest BCUT2D eigenvalue weighted by Gasteiger charge is 2.28. The lowest BCUT2D eigenvalue weighted by molar-refractivity contribution is 0.0692. The third-order valence-corrected chi connectivity index (χ3v) is 6.43. The predicted octanol–water partition coefficient (Wildman–Crippen LogP) is 7.85. The van der Waals surface area contributed by atoms with E-state index < -0.39 is 34.8 Å². The Morgan fingerprint density at radius 1 is 0.935 bits per heavy atom. The van der Waals surface area contributed by atoms with E-state index in [2.05, 4.69) is 6.92 Å². The van der Waals surface area contributed by atoms with E-state index in [9.17, 15) is 23.1 Å². The number of carboxylic acid groups (broad SMARTS) is 1. The van der Waals surface area contributed by atoms with E-state index >= 15 is 4.39 Å². The summed E-state index contributed by atoms with van der Waals surface area (Å²) in [6.45, 7) is 2.18. The molecule has 1 N–H and O–H groups in total. The Bertz CT molecular complexity index is 910. The Kier molecular flexibility index (Phi) is 7.74. The first-order valence-electron chi connectivity index (χ1n) is 11.0. The molecule has 168 valence electrons. The molecule has 0 amide bonds. The Labute approximate surface area is 180 Å². The lowest BCUT2D eigenvalue weighted by Crippen LogP contribution is -2.15. The number of benzene rings is 2. The van der Waals surface area contributed by atoms with E-state index in [0.717, 1.165) is 37.8 Å². The number of hydrogen-bond donors (Lipinski definition) is 1. The molecule has 0 aromatic heterocycles. The maximum absolute atomic E-state index is 15.2. The molecule has 0 unspecified atom stereocenters. The van der Waals surface area contributed by atoms with Gasteiger partial charge in [0.15, 0.2) is 17.5 Å². The van der Waals surface area contributed by atoms with Gasteiger partial charge in [-0.2, -0.15) is 0 Å². The molecule has 0 saturated heterocycles. The number of carbonyl (C=O) groups is 1. The number of halogens is 4. The summed E-state index contributed by atoms with van der Waals surface area (Å²) in [4.78, 5) is 11.4. The van der Waals surface area contributed by atoms with Crippen LogP contribution in [0.5, 0.6) is 0 Å². The van der Waals surface area contributed by atoms with Crippen LogP contribution in [0.2, 0.25) is 0 Å². The van der Waals surface area contributed by atoms with E-state index in [0.29, 0.717) is 11.5 Å². The summed E-state index contributed by atoms with van der Waals surface area (Å²) in [6.07, 6.45) is 9.56. The minimum atomic E-state index is -1.64. The van der Waals surface area contributed by atoms with Gasteiger partial charge in [-0.05, 0) is 66.8 Å². The molecule has 0 atom stereocenters. The van der Waals surface area contributed by atoms with Crippen molar-refractivity contribution in [3.8, 4) is 11.1 Å². The zero-order chi connectivity index (χ0) is 22.5. The van der Waals surface area contributed by atoms with Crippen LogP contribution >= 0.6 is 0 Å². The summed E-state index contributed by atoms with van der Waals surface area (Å²) in [7, 11) is 0. The summed E-state index contributed by atoms with van der Waals surface area (Å²) < 4.78 is 56.4. The SMILES string of the molecule is CCCCCC[C@H]1CC[C@H](c2ccc(C(=O)O)c(F)c2-c2cc(F)c(F)c(F)c2)CC1. The first kappa shape index (κ1) is 23.3. The topological polar surface area (TPSA) is 37.3 Å². The summed E-state index contributed by atoms with van der Waals surface area (Å²) >= 11 is 0. The fourth-order valence-electron chi connectivity index (χ4n) is 4.71. The van der Waals surface area contributed by atoms with Crippen molar-refractivity contribution in [3.63, 3.8) is 0 Å². The molecule has 1 aliphatic carbocycles. The second kappa shape index (κ2) is 10.3. The van der Waals surface area contributed by atoms with Crippen molar-refractivity contribution in [2.24, 2.45) is 5.92 Å². The van der Waals surface area contributed by atoms with Gasteiger partial charge in [0.25, 0.3) is 0 Å². The molecule has 0 radical (unpaired) electrons. The quantitative estimate of drug-likeness (QED) is 0.260. The van der Waals surface area contributed by atoms with Gasteiger partial charge in [0.1, 0.15) is 5.82 Å². The van der Waals surface area contributed by atoms with E-state index in [4.69, 9.17) is 0 Å². The van der Waals surface area contributed by atoms with E-state index in [1.54, 1.807) is 0 Å².